The molecule has 0 heterocycles. The van der Waals surface area contributed by atoms with Crippen molar-refractivity contribution in [3.05, 3.63) is 90.0 Å². The highest BCUT2D eigenvalue weighted by atomic mass is 32.2. The highest BCUT2D eigenvalue weighted by Gasteiger charge is 2.21. The molecule has 0 aliphatic carbocycles. The molecule has 1 atom stereocenters. The summed E-state index contributed by atoms with van der Waals surface area (Å²) >= 11 is 0. The molecule has 0 aromatic heterocycles. The number of carbonyl (C=O) groups excluding carboxylic acids is 2. The molecule has 3 aromatic carbocycles. The summed E-state index contributed by atoms with van der Waals surface area (Å²) in [7, 11) is -2.24. The molecule has 0 fully saturated rings. The van der Waals surface area contributed by atoms with Crippen molar-refractivity contribution in [2.24, 2.45) is 0 Å². The molecule has 1 N–H and O–H groups in total. The average molecular weight is 497 g/mol. The number of nitrogens with one attached hydrogen (secondary N) is 1. The molecule has 0 unspecified atom stereocenters. The molecule has 35 heavy (non-hydrogen) atoms. The molecule has 9 heteroatoms. The Morgan fingerprint density at radius 3 is 2.17 bits per heavy atom. The fourth-order valence-corrected chi connectivity index (χ4v) is 4.39. The van der Waals surface area contributed by atoms with Crippen LogP contribution in [0.5, 0.6) is 5.75 Å². The van der Waals surface area contributed by atoms with E-state index in [2.05, 4.69) is 5.32 Å². The number of esters is 1. The summed E-state index contributed by atoms with van der Waals surface area (Å²) in [4.78, 5) is 24.2. The zero-order valence-corrected chi connectivity index (χ0v) is 20.6. The molecule has 0 spiro atoms. The van der Waals surface area contributed by atoms with Crippen molar-refractivity contribution < 1.29 is 27.5 Å². The molecule has 3 rings (SSSR count). The summed E-state index contributed by atoms with van der Waals surface area (Å²) in [5.41, 5.74) is 2.34. The number of benzene rings is 3. The number of amides is 1. The van der Waals surface area contributed by atoms with E-state index in [1.807, 2.05) is 44.2 Å². The van der Waals surface area contributed by atoms with E-state index in [0.29, 0.717) is 11.4 Å². The number of ether oxygens (including phenoxy) is 2. The maximum Gasteiger partial charge on any atom is 0.344 e. The van der Waals surface area contributed by atoms with Gasteiger partial charge in [0.1, 0.15) is 5.75 Å². The van der Waals surface area contributed by atoms with Crippen LogP contribution in [0.1, 0.15) is 24.1 Å². The lowest BCUT2D eigenvalue weighted by Crippen LogP contribution is -2.31. The van der Waals surface area contributed by atoms with Crippen LogP contribution in [-0.4, -0.2) is 40.6 Å². The predicted octanol–water partition coefficient (Wildman–Crippen LogP) is 3.62. The van der Waals surface area contributed by atoms with Gasteiger partial charge in [0.05, 0.1) is 16.6 Å². The smallest absolute Gasteiger partial charge is 0.344 e. The van der Waals surface area contributed by atoms with Gasteiger partial charge in [-0.05, 0) is 55.8 Å². The second kappa shape index (κ2) is 11.5. The maximum atomic E-state index is 12.8. The molecule has 0 saturated heterocycles. The van der Waals surface area contributed by atoms with Gasteiger partial charge in [0, 0.05) is 7.05 Å². The number of carbonyl (C=O) groups is 2. The lowest BCUT2D eigenvalue weighted by molar-refractivity contribution is -0.150. The SMILES string of the molecule is Cc1ccc(S(=O)(=O)N(C)c2ccc(OCC(=O)OCC(=O)N[C@@H](C)c3ccccc3)cc2)cc1. The first kappa shape index (κ1) is 25.8. The highest BCUT2D eigenvalue weighted by Crippen LogP contribution is 2.24. The highest BCUT2D eigenvalue weighted by molar-refractivity contribution is 7.92. The van der Waals surface area contributed by atoms with Crippen molar-refractivity contribution in [1.29, 1.82) is 0 Å². The average Bonchev–Trinajstić information content (AvgIpc) is 2.87. The number of rotatable bonds is 10. The van der Waals surface area contributed by atoms with Crippen LogP contribution in [0.2, 0.25) is 0 Å². The molecule has 0 bridgehead atoms. The van der Waals surface area contributed by atoms with Gasteiger partial charge in [-0.15, -0.1) is 0 Å². The van der Waals surface area contributed by atoms with E-state index >= 15 is 0 Å². The second-order valence-corrected chi connectivity index (χ2v) is 9.90. The van der Waals surface area contributed by atoms with Crippen molar-refractivity contribution in [1.82, 2.24) is 5.32 Å². The standard InChI is InChI=1S/C26H28N2O6S/c1-19-9-15-24(16-10-19)35(31,32)28(3)22-11-13-23(14-12-22)33-18-26(30)34-17-25(29)27-20(2)21-7-5-4-6-8-21/h4-16,20H,17-18H2,1-3H3,(H,27,29)/t20-/m0/s1. The van der Waals surface area contributed by atoms with Crippen LogP contribution in [-0.2, 0) is 24.3 Å². The maximum absolute atomic E-state index is 12.8. The number of anilines is 1. The molecule has 3 aromatic rings. The Labute approximate surface area is 205 Å². The van der Waals surface area contributed by atoms with Crippen LogP contribution < -0.4 is 14.4 Å². The second-order valence-electron chi connectivity index (χ2n) is 7.93. The van der Waals surface area contributed by atoms with E-state index in [0.717, 1.165) is 11.1 Å². The fraction of sp³-hybridized carbons (Fsp3) is 0.231. The van der Waals surface area contributed by atoms with Crippen molar-refractivity contribution in [2.45, 2.75) is 24.8 Å². The summed E-state index contributed by atoms with van der Waals surface area (Å²) in [6.45, 7) is 2.92. The topological polar surface area (TPSA) is 102 Å². The summed E-state index contributed by atoms with van der Waals surface area (Å²) < 4.78 is 37.2. The summed E-state index contributed by atoms with van der Waals surface area (Å²) in [5.74, 6) is -0.762. The van der Waals surface area contributed by atoms with E-state index in [1.165, 1.54) is 11.4 Å². The predicted molar refractivity (Wildman–Crippen MR) is 133 cm³/mol. The minimum Gasteiger partial charge on any atom is -0.482 e. The molecule has 0 radical (unpaired) electrons. The number of sulfonamides is 1. The molecule has 1 amide bonds. The van der Waals surface area contributed by atoms with Gasteiger partial charge in [0.25, 0.3) is 15.9 Å². The Bertz CT molecular complexity index is 1240. The molecule has 184 valence electrons. The summed E-state index contributed by atoms with van der Waals surface area (Å²) in [5, 5.41) is 2.76. The Kier molecular flexibility index (Phi) is 8.48. The first-order chi connectivity index (χ1) is 16.7. The normalized spacial score (nSPS) is 11.9. The number of nitrogens with zero attached hydrogens (tertiary/aromatic N) is 1. The van der Waals surface area contributed by atoms with Crippen LogP contribution >= 0.6 is 0 Å². The van der Waals surface area contributed by atoms with Crippen LogP contribution in [0.3, 0.4) is 0 Å². The molecule has 8 nitrogen and oxygen atoms in total. The van der Waals surface area contributed by atoms with E-state index < -0.39 is 35.1 Å². The Morgan fingerprint density at radius 2 is 1.54 bits per heavy atom. The van der Waals surface area contributed by atoms with Gasteiger partial charge in [0.2, 0.25) is 0 Å². The Hall–Kier alpha value is -3.85. The van der Waals surface area contributed by atoms with Crippen molar-refractivity contribution in [2.75, 3.05) is 24.6 Å². The van der Waals surface area contributed by atoms with E-state index in [1.54, 1.807) is 48.5 Å². The summed E-state index contributed by atoms with van der Waals surface area (Å²) in [6, 6.07) is 22.1. The van der Waals surface area contributed by atoms with Crippen LogP contribution in [0.4, 0.5) is 5.69 Å². The van der Waals surface area contributed by atoms with Crippen molar-refractivity contribution >= 4 is 27.6 Å². The number of aryl methyl sites for hydroxylation is 1. The van der Waals surface area contributed by atoms with Crippen LogP contribution in [0, 0.1) is 6.92 Å². The number of hydrogen-bond acceptors (Lipinski definition) is 6. The van der Waals surface area contributed by atoms with Gasteiger partial charge >= 0.3 is 5.97 Å². The number of hydrogen-bond donors (Lipinski definition) is 1. The molecule has 0 aliphatic heterocycles. The first-order valence-corrected chi connectivity index (χ1v) is 12.4. The summed E-state index contributed by atoms with van der Waals surface area (Å²) in [6.07, 6.45) is 0. The van der Waals surface area contributed by atoms with Gasteiger partial charge < -0.3 is 14.8 Å². The first-order valence-electron chi connectivity index (χ1n) is 10.9. The Balaban J connectivity index is 1.47. The quantitative estimate of drug-likeness (QED) is 0.430. The van der Waals surface area contributed by atoms with Crippen LogP contribution in [0.15, 0.2) is 83.8 Å². The molecular formula is C26H28N2O6S. The van der Waals surface area contributed by atoms with Crippen molar-refractivity contribution in [3.63, 3.8) is 0 Å². The van der Waals surface area contributed by atoms with Gasteiger partial charge in [-0.25, -0.2) is 13.2 Å². The lowest BCUT2D eigenvalue weighted by Gasteiger charge is -2.20. The minimum atomic E-state index is -3.71. The lowest BCUT2D eigenvalue weighted by atomic mass is 10.1. The Morgan fingerprint density at radius 1 is 0.914 bits per heavy atom. The largest absolute Gasteiger partial charge is 0.482 e. The third-order valence-electron chi connectivity index (χ3n) is 5.28. The zero-order valence-electron chi connectivity index (χ0n) is 19.8. The fourth-order valence-electron chi connectivity index (χ4n) is 3.20. The molecule has 0 aliphatic rings. The van der Waals surface area contributed by atoms with Gasteiger partial charge in [0.15, 0.2) is 13.2 Å². The van der Waals surface area contributed by atoms with E-state index in [4.69, 9.17) is 9.47 Å². The third kappa shape index (κ3) is 7.07. The van der Waals surface area contributed by atoms with Gasteiger partial charge in [-0.1, -0.05) is 48.0 Å². The van der Waals surface area contributed by atoms with E-state index in [-0.39, 0.29) is 10.9 Å². The molecular weight excluding hydrogens is 468 g/mol. The van der Waals surface area contributed by atoms with Gasteiger partial charge in [-0.3, -0.25) is 9.10 Å². The molecule has 0 saturated carbocycles. The van der Waals surface area contributed by atoms with Crippen molar-refractivity contribution in [3.8, 4) is 5.75 Å². The minimum absolute atomic E-state index is 0.191. The van der Waals surface area contributed by atoms with Crippen LogP contribution in [0.25, 0.3) is 0 Å². The van der Waals surface area contributed by atoms with E-state index in [9.17, 15) is 18.0 Å². The van der Waals surface area contributed by atoms with Gasteiger partial charge in [-0.2, -0.15) is 0 Å². The third-order valence-corrected chi connectivity index (χ3v) is 7.08. The zero-order chi connectivity index (χ0) is 25.4. The monoisotopic (exact) mass is 496 g/mol.